The summed E-state index contributed by atoms with van der Waals surface area (Å²) in [6, 6.07) is 15.8. The number of nitrogens with one attached hydrogen (secondary N) is 3. The van der Waals surface area contributed by atoms with Crippen LogP contribution in [0.2, 0.25) is 0 Å². The van der Waals surface area contributed by atoms with Crippen molar-refractivity contribution in [1.29, 1.82) is 0 Å². The van der Waals surface area contributed by atoms with Crippen LogP contribution in [0.4, 0.5) is 5.69 Å². The first-order chi connectivity index (χ1) is 11.9. The molecule has 132 valence electrons. The summed E-state index contributed by atoms with van der Waals surface area (Å²) in [4.78, 5) is 11.1. The van der Waals surface area contributed by atoms with Gasteiger partial charge in [0.1, 0.15) is 0 Å². The van der Waals surface area contributed by atoms with Crippen LogP contribution < -0.4 is 15.4 Å². The second-order valence-electron chi connectivity index (χ2n) is 5.29. The number of rotatable bonds is 6. The molecule has 0 unspecified atom stereocenters. The molecule has 0 aromatic heterocycles. The molecule has 0 saturated heterocycles. The fourth-order valence-electron chi connectivity index (χ4n) is 2.10. The highest BCUT2D eigenvalue weighted by Gasteiger charge is 2.13. The molecule has 1 amide bonds. The van der Waals surface area contributed by atoms with E-state index in [4.69, 9.17) is 12.2 Å². The Morgan fingerprint density at radius 3 is 2.28 bits per heavy atom. The third-order valence-corrected chi connectivity index (χ3v) is 4.94. The standard InChI is InChI=1S/C17H19N3O3S2/c1-13(21)19-17(24)20-15-7-9-16(10-8-15)25(22,23)18-12-11-14-5-3-2-4-6-14/h2-10,18H,11-12H2,1H3,(H2,19,20,21,24). The third kappa shape index (κ3) is 6.26. The van der Waals surface area contributed by atoms with Gasteiger partial charge in [0.15, 0.2) is 5.11 Å². The molecule has 2 aromatic rings. The quantitative estimate of drug-likeness (QED) is 0.671. The van der Waals surface area contributed by atoms with E-state index < -0.39 is 10.0 Å². The second kappa shape index (κ2) is 8.70. The van der Waals surface area contributed by atoms with Crippen molar-refractivity contribution >= 4 is 38.9 Å². The fourth-order valence-corrected chi connectivity index (χ4v) is 3.39. The van der Waals surface area contributed by atoms with E-state index in [9.17, 15) is 13.2 Å². The van der Waals surface area contributed by atoms with Gasteiger partial charge in [-0.3, -0.25) is 4.79 Å². The predicted molar refractivity (Wildman–Crippen MR) is 102 cm³/mol. The van der Waals surface area contributed by atoms with Crippen molar-refractivity contribution in [3.05, 3.63) is 60.2 Å². The monoisotopic (exact) mass is 377 g/mol. The summed E-state index contributed by atoms with van der Waals surface area (Å²) < 4.78 is 27.2. The van der Waals surface area contributed by atoms with Gasteiger partial charge in [-0.15, -0.1) is 0 Å². The number of hydrogen-bond acceptors (Lipinski definition) is 4. The Hall–Kier alpha value is -2.29. The van der Waals surface area contributed by atoms with Crippen LogP contribution in [0.5, 0.6) is 0 Å². The Morgan fingerprint density at radius 1 is 1.04 bits per heavy atom. The molecule has 3 N–H and O–H groups in total. The van der Waals surface area contributed by atoms with E-state index in [1.54, 1.807) is 12.1 Å². The van der Waals surface area contributed by atoms with E-state index in [0.717, 1.165) is 5.56 Å². The Labute approximate surface area is 152 Å². The van der Waals surface area contributed by atoms with Crippen molar-refractivity contribution < 1.29 is 13.2 Å². The molecule has 8 heteroatoms. The molecular weight excluding hydrogens is 358 g/mol. The Bertz CT molecular complexity index is 835. The van der Waals surface area contributed by atoms with Crippen LogP contribution in [0.25, 0.3) is 0 Å². The lowest BCUT2D eigenvalue weighted by Crippen LogP contribution is -2.32. The lowest BCUT2D eigenvalue weighted by Gasteiger charge is -2.10. The number of carbonyl (C=O) groups is 1. The fraction of sp³-hybridized carbons (Fsp3) is 0.176. The highest BCUT2D eigenvalue weighted by Crippen LogP contribution is 2.14. The smallest absolute Gasteiger partial charge is 0.240 e. The van der Waals surface area contributed by atoms with Crippen molar-refractivity contribution in [3.63, 3.8) is 0 Å². The number of carbonyl (C=O) groups excluding carboxylic acids is 1. The van der Waals surface area contributed by atoms with E-state index >= 15 is 0 Å². The van der Waals surface area contributed by atoms with Crippen LogP contribution in [0.3, 0.4) is 0 Å². The first kappa shape index (κ1) is 19.0. The Balaban J connectivity index is 1.93. The van der Waals surface area contributed by atoms with E-state index in [1.807, 2.05) is 30.3 Å². The topological polar surface area (TPSA) is 87.3 Å². The average molecular weight is 377 g/mol. The molecule has 0 fully saturated rings. The van der Waals surface area contributed by atoms with Gasteiger partial charge in [-0.05, 0) is 48.5 Å². The summed E-state index contributed by atoms with van der Waals surface area (Å²) in [7, 11) is -3.58. The molecule has 2 rings (SSSR count). The minimum absolute atomic E-state index is 0.157. The molecule has 0 atom stereocenters. The van der Waals surface area contributed by atoms with Crippen LogP contribution in [0.1, 0.15) is 12.5 Å². The van der Waals surface area contributed by atoms with Crippen LogP contribution in [-0.4, -0.2) is 26.0 Å². The Kier molecular flexibility index (Phi) is 6.63. The van der Waals surface area contributed by atoms with Gasteiger partial charge >= 0.3 is 0 Å². The summed E-state index contributed by atoms with van der Waals surface area (Å²) in [6.45, 7) is 1.67. The summed E-state index contributed by atoms with van der Waals surface area (Å²) in [5, 5.41) is 5.39. The molecule has 0 radical (unpaired) electrons. The van der Waals surface area contributed by atoms with Gasteiger partial charge < -0.3 is 10.6 Å². The van der Waals surface area contributed by atoms with Crippen molar-refractivity contribution in [1.82, 2.24) is 10.0 Å². The molecule has 25 heavy (non-hydrogen) atoms. The largest absolute Gasteiger partial charge is 0.332 e. The van der Waals surface area contributed by atoms with Gasteiger partial charge in [0.2, 0.25) is 15.9 Å². The lowest BCUT2D eigenvalue weighted by molar-refractivity contribution is -0.117. The van der Waals surface area contributed by atoms with E-state index in [2.05, 4.69) is 15.4 Å². The second-order valence-corrected chi connectivity index (χ2v) is 7.47. The third-order valence-electron chi connectivity index (χ3n) is 3.26. The zero-order chi connectivity index (χ0) is 18.3. The molecule has 2 aromatic carbocycles. The first-order valence-corrected chi connectivity index (χ1v) is 9.48. The van der Waals surface area contributed by atoms with E-state index in [-0.39, 0.29) is 15.9 Å². The maximum Gasteiger partial charge on any atom is 0.240 e. The Morgan fingerprint density at radius 2 is 1.68 bits per heavy atom. The maximum atomic E-state index is 12.3. The van der Waals surface area contributed by atoms with Crippen LogP contribution >= 0.6 is 12.2 Å². The zero-order valence-corrected chi connectivity index (χ0v) is 15.3. The van der Waals surface area contributed by atoms with Gasteiger partial charge in [0.25, 0.3) is 0 Å². The van der Waals surface area contributed by atoms with Gasteiger partial charge in [-0.2, -0.15) is 0 Å². The predicted octanol–water partition coefficient (Wildman–Crippen LogP) is 2.04. The van der Waals surface area contributed by atoms with Crippen molar-refractivity contribution in [3.8, 4) is 0 Å². The summed E-state index contributed by atoms with van der Waals surface area (Å²) in [5.74, 6) is -0.278. The maximum absolute atomic E-state index is 12.3. The number of thiocarbonyl (C=S) groups is 1. The number of hydrogen-bond donors (Lipinski definition) is 3. The first-order valence-electron chi connectivity index (χ1n) is 7.59. The molecule has 6 nitrogen and oxygen atoms in total. The summed E-state index contributed by atoms with van der Waals surface area (Å²) in [5.41, 5.74) is 1.65. The normalized spacial score (nSPS) is 10.9. The highest BCUT2D eigenvalue weighted by atomic mass is 32.2. The van der Waals surface area contributed by atoms with Gasteiger partial charge in [0, 0.05) is 19.2 Å². The minimum atomic E-state index is -3.58. The highest BCUT2D eigenvalue weighted by molar-refractivity contribution is 7.89. The van der Waals surface area contributed by atoms with Crippen molar-refractivity contribution in [2.75, 3.05) is 11.9 Å². The molecule has 0 saturated carbocycles. The zero-order valence-electron chi connectivity index (χ0n) is 13.7. The lowest BCUT2D eigenvalue weighted by atomic mass is 10.2. The van der Waals surface area contributed by atoms with Crippen LogP contribution in [0.15, 0.2) is 59.5 Å². The average Bonchev–Trinajstić information content (AvgIpc) is 2.55. The number of amides is 1. The molecular formula is C17H19N3O3S2. The molecule has 0 aliphatic rings. The van der Waals surface area contributed by atoms with Gasteiger partial charge in [-0.1, -0.05) is 30.3 Å². The number of anilines is 1. The molecule has 0 spiro atoms. The van der Waals surface area contributed by atoms with Gasteiger partial charge in [-0.25, -0.2) is 13.1 Å². The van der Waals surface area contributed by atoms with Crippen LogP contribution in [-0.2, 0) is 21.2 Å². The molecule has 0 heterocycles. The molecule has 0 bridgehead atoms. The SMILES string of the molecule is CC(=O)NC(=S)Nc1ccc(S(=O)(=O)NCCc2ccccc2)cc1. The minimum Gasteiger partial charge on any atom is -0.332 e. The van der Waals surface area contributed by atoms with E-state index in [1.165, 1.54) is 19.1 Å². The molecule has 0 aliphatic heterocycles. The number of benzene rings is 2. The van der Waals surface area contributed by atoms with Crippen molar-refractivity contribution in [2.45, 2.75) is 18.2 Å². The summed E-state index contributed by atoms with van der Waals surface area (Å²) in [6.07, 6.45) is 0.616. The van der Waals surface area contributed by atoms with E-state index in [0.29, 0.717) is 18.7 Å². The molecule has 0 aliphatic carbocycles. The van der Waals surface area contributed by atoms with Crippen LogP contribution in [0, 0.1) is 0 Å². The van der Waals surface area contributed by atoms with Gasteiger partial charge in [0.05, 0.1) is 4.90 Å². The summed E-state index contributed by atoms with van der Waals surface area (Å²) >= 11 is 4.95. The number of sulfonamides is 1. The van der Waals surface area contributed by atoms with Crippen molar-refractivity contribution in [2.24, 2.45) is 0 Å².